The average molecular weight is 242 g/mol. The van der Waals surface area contributed by atoms with Gasteiger partial charge in [0.1, 0.15) is 5.75 Å². The van der Waals surface area contributed by atoms with Gasteiger partial charge in [0, 0.05) is 17.9 Å². The highest BCUT2D eigenvalue weighted by molar-refractivity contribution is 5.29. The topological polar surface area (TPSA) is 48.1 Å². The van der Waals surface area contributed by atoms with Crippen LogP contribution in [0.3, 0.4) is 0 Å². The first-order valence-electron chi connectivity index (χ1n) is 6.09. The van der Waals surface area contributed by atoms with Crippen molar-refractivity contribution in [2.45, 2.75) is 18.9 Å². The van der Waals surface area contributed by atoms with Crippen LogP contribution in [0.25, 0.3) is 0 Å². The molecule has 0 aliphatic carbocycles. The summed E-state index contributed by atoms with van der Waals surface area (Å²) >= 11 is 0. The number of ether oxygens (including phenoxy) is 1. The van der Waals surface area contributed by atoms with E-state index in [0.717, 1.165) is 29.8 Å². The molecule has 2 N–H and O–H groups in total. The minimum Gasteiger partial charge on any atom is -0.497 e. The van der Waals surface area contributed by atoms with Gasteiger partial charge in [-0.1, -0.05) is 18.2 Å². The second-order valence-electron chi connectivity index (χ2n) is 4.24. The Kier molecular flexibility index (Phi) is 4.31. The van der Waals surface area contributed by atoms with Crippen LogP contribution in [0.15, 0.2) is 48.7 Å². The van der Waals surface area contributed by atoms with E-state index in [2.05, 4.69) is 4.98 Å². The lowest BCUT2D eigenvalue weighted by Crippen LogP contribution is -2.11. The number of benzene rings is 1. The Morgan fingerprint density at radius 3 is 2.56 bits per heavy atom. The van der Waals surface area contributed by atoms with Crippen LogP contribution in [0.1, 0.15) is 23.7 Å². The van der Waals surface area contributed by atoms with Crippen LogP contribution >= 0.6 is 0 Å². The standard InChI is InChI=1S/C15H18N2O/c1-18-14-8-5-12(6-9-14)15(16)10-7-13-4-2-3-11-17-13/h2-6,8-9,11,15H,7,10,16H2,1H3. The molecular formula is C15H18N2O. The predicted octanol–water partition coefficient (Wildman–Crippen LogP) is 2.72. The molecule has 1 aromatic heterocycles. The summed E-state index contributed by atoms with van der Waals surface area (Å²) in [5.41, 5.74) is 8.38. The van der Waals surface area contributed by atoms with Gasteiger partial charge in [-0.15, -0.1) is 0 Å². The SMILES string of the molecule is COc1ccc(C(N)CCc2ccccn2)cc1. The van der Waals surface area contributed by atoms with Gasteiger partial charge >= 0.3 is 0 Å². The lowest BCUT2D eigenvalue weighted by molar-refractivity contribution is 0.414. The molecular weight excluding hydrogens is 224 g/mol. The molecule has 3 nitrogen and oxygen atoms in total. The molecule has 94 valence electrons. The largest absolute Gasteiger partial charge is 0.497 e. The van der Waals surface area contributed by atoms with E-state index in [9.17, 15) is 0 Å². The monoisotopic (exact) mass is 242 g/mol. The summed E-state index contributed by atoms with van der Waals surface area (Å²) in [5, 5.41) is 0. The third kappa shape index (κ3) is 3.31. The Balaban J connectivity index is 1.93. The van der Waals surface area contributed by atoms with Crippen LogP contribution in [-0.4, -0.2) is 12.1 Å². The highest BCUT2D eigenvalue weighted by Gasteiger charge is 2.06. The molecule has 0 bridgehead atoms. The summed E-state index contributed by atoms with van der Waals surface area (Å²) in [6, 6.07) is 13.9. The highest BCUT2D eigenvalue weighted by atomic mass is 16.5. The first kappa shape index (κ1) is 12.6. The molecule has 18 heavy (non-hydrogen) atoms. The zero-order valence-corrected chi connectivity index (χ0v) is 10.5. The molecule has 2 rings (SSSR count). The van der Waals surface area contributed by atoms with Crippen molar-refractivity contribution < 1.29 is 4.74 Å². The van der Waals surface area contributed by atoms with Gasteiger partial charge in [-0.3, -0.25) is 4.98 Å². The number of aryl methyl sites for hydroxylation is 1. The van der Waals surface area contributed by atoms with E-state index in [4.69, 9.17) is 10.5 Å². The lowest BCUT2D eigenvalue weighted by atomic mass is 10.0. The van der Waals surface area contributed by atoms with Crippen molar-refractivity contribution in [2.24, 2.45) is 5.73 Å². The fraction of sp³-hybridized carbons (Fsp3) is 0.267. The van der Waals surface area contributed by atoms with E-state index in [0.29, 0.717) is 0 Å². The molecule has 0 spiro atoms. The van der Waals surface area contributed by atoms with Gasteiger partial charge < -0.3 is 10.5 Å². The molecule has 0 aliphatic heterocycles. The molecule has 2 aromatic rings. The summed E-state index contributed by atoms with van der Waals surface area (Å²) in [6.45, 7) is 0. The maximum atomic E-state index is 6.17. The molecule has 1 aromatic carbocycles. The summed E-state index contributed by atoms with van der Waals surface area (Å²) < 4.78 is 5.13. The van der Waals surface area contributed by atoms with Gasteiger partial charge in [0.25, 0.3) is 0 Å². The Labute approximate surface area is 108 Å². The molecule has 0 fully saturated rings. The molecule has 1 heterocycles. The van der Waals surface area contributed by atoms with Gasteiger partial charge in [-0.2, -0.15) is 0 Å². The zero-order valence-electron chi connectivity index (χ0n) is 10.5. The first-order chi connectivity index (χ1) is 8.79. The van der Waals surface area contributed by atoms with Gasteiger partial charge in [0.15, 0.2) is 0 Å². The Morgan fingerprint density at radius 1 is 1.17 bits per heavy atom. The minimum absolute atomic E-state index is 0.0397. The normalized spacial score (nSPS) is 12.1. The van der Waals surface area contributed by atoms with Gasteiger partial charge in [-0.05, 0) is 42.7 Å². The molecule has 0 saturated carbocycles. The van der Waals surface area contributed by atoms with Crippen LogP contribution in [0.4, 0.5) is 0 Å². The van der Waals surface area contributed by atoms with E-state index in [1.54, 1.807) is 7.11 Å². The van der Waals surface area contributed by atoms with E-state index in [1.807, 2.05) is 48.7 Å². The fourth-order valence-electron chi connectivity index (χ4n) is 1.87. The van der Waals surface area contributed by atoms with Crippen molar-refractivity contribution in [3.63, 3.8) is 0 Å². The van der Waals surface area contributed by atoms with E-state index < -0.39 is 0 Å². The van der Waals surface area contributed by atoms with Crippen molar-refractivity contribution in [2.75, 3.05) is 7.11 Å². The summed E-state index contributed by atoms with van der Waals surface area (Å²) in [5.74, 6) is 0.857. The summed E-state index contributed by atoms with van der Waals surface area (Å²) in [4.78, 5) is 4.30. The smallest absolute Gasteiger partial charge is 0.118 e. The number of methoxy groups -OCH3 is 1. The number of hydrogen-bond donors (Lipinski definition) is 1. The second-order valence-corrected chi connectivity index (χ2v) is 4.24. The quantitative estimate of drug-likeness (QED) is 0.877. The lowest BCUT2D eigenvalue weighted by Gasteiger charge is -2.12. The fourth-order valence-corrected chi connectivity index (χ4v) is 1.87. The van der Waals surface area contributed by atoms with Crippen LogP contribution in [0.5, 0.6) is 5.75 Å². The minimum atomic E-state index is 0.0397. The predicted molar refractivity (Wildman–Crippen MR) is 72.5 cm³/mol. The number of pyridine rings is 1. The molecule has 1 unspecified atom stereocenters. The summed E-state index contributed by atoms with van der Waals surface area (Å²) in [6.07, 6.45) is 3.60. The molecule has 0 amide bonds. The van der Waals surface area contributed by atoms with Crippen molar-refractivity contribution in [3.8, 4) is 5.75 Å². The molecule has 0 saturated heterocycles. The van der Waals surface area contributed by atoms with E-state index in [1.165, 1.54) is 0 Å². The van der Waals surface area contributed by atoms with Crippen molar-refractivity contribution >= 4 is 0 Å². The second kappa shape index (κ2) is 6.17. The molecule has 0 radical (unpaired) electrons. The number of nitrogens with two attached hydrogens (primary N) is 1. The highest BCUT2D eigenvalue weighted by Crippen LogP contribution is 2.19. The third-order valence-corrected chi connectivity index (χ3v) is 2.98. The maximum Gasteiger partial charge on any atom is 0.118 e. The summed E-state index contributed by atoms with van der Waals surface area (Å²) in [7, 11) is 1.66. The molecule has 1 atom stereocenters. The number of rotatable bonds is 5. The number of aromatic nitrogens is 1. The van der Waals surface area contributed by atoms with E-state index >= 15 is 0 Å². The van der Waals surface area contributed by atoms with Crippen LogP contribution in [-0.2, 0) is 6.42 Å². The number of nitrogens with zero attached hydrogens (tertiary/aromatic N) is 1. The van der Waals surface area contributed by atoms with Crippen LogP contribution in [0, 0.1) is 0 Å². The van der Waals surface area contributed by atoms with E-state index in [-0.39, 0.29) is 6.04 Å². The Morgan fingerprint density at radius 2 is 1.94 bits per heavy atom. The van der Waals surface area contributed by atoms with Crippen molar-refractivity contribution in [1.29, 1.82) is 0 Å². The maximum absolute atomic E-state index is 6.17. The van der Waals surface area contributed by atoms with Crippen molar-refractivity contribution in [1.82, 2.24) is 4.98 Å². The Hall–Kier alpha value is -1.87. The zero-order chi connectivity index (χ0) is 12.8. The van der Waals surface area contributed by atoms with Crippen molar-refractivity contribution in [3.05, 3.63) is 59.9 Å². The van der Waals surface area contributed by atoms with Crippen LogP contribution < -0.4 is 10.5 Å². The molecule has 0 aliphatic rings. The Bertz CT molecular complexity index is 468. The first-order valence-corrected chi connectivity index (χ1v) is 6.09. The van der Waals surface area contributed by atoms with Crippen LogP contribution in [0.2, 0.25) is 0 Å². The average Bonchev–Trinajstić information content (AvgIpc) is 2.46. The van der Waals surface area contributed by atoms with Gasteiger partial charge in [0.2, 0.25) is 0 Å². The van der Waals surface area contributed by atoms with Gasteiger partial charge in [0.05, 0.1) is 7.11 Å². The number of hydrogen-bond acceptors (Lipinski definition) is 3. The third-order valence-electron chi connectivity index (χ3n) is 2.98. The molecule has 3 heteroatoms. The van der Waals surface area contributed by atoms with Gasteiger partial charge in [-0.25, -0.2) is 0 Å².